The topological polar surface area (TPSA) is 42.4 Å². The van der Waals surface area contributed by atoms with E-state index < -0.39 is 52.3 Å². The van der Waals surface area contributed by atoms with Crippen LogP contribution in [0.3, 0.4) is 0 Å². The normalized spacial score (nSPS) is 11.9. The largest absolute Gasteiger partial charge is 0.493 e. The molecule has 1 heterocycles. The van der Waals surface area contributed by atoms with Gasteiger partial charge in [0.1, 0.15) is 0 Å². The number of aromatic nitrogens is 1. The summed E-state index contributed by atoms with van der Waals surface area (Å²) in [6, 6.07) is 3.71. The van der Waals surface area contributed by atoms with E-state index in [0.29, 0.717) is 12.1 Å². The van der Waals surface area contributed by atoms with Crippen LogP contribution < -0.4 is 9.64 Å². The zero-order valence-corrected chi connectivity index (χ0v) is 17.4. The van der Waals surface area contributed by atoms with Crippen molar-refractivity contribution >= 4 is 11.6 Å². The van der Waals surface area contributed by atoms with E-state index in [2.05, 4.69) is 4.98 Å². The summed E-state index contributed by atoms with van der Waals surface area (Å²) >= 11 is 0. The fourth-order valence-electron chi connectivity index (χ4n) is 3.21. The lowest BCUT2D eigenvalue weighted by molar-refractivity contribution is -0.143. The predicted octanol–water partition coefficient (Wildman–Crippen LogP) is 6.35. The Bertz CT molecular complexity index is 1210. The molecule has 0 bridgehead atoms. The van der Waals surface area contributed by atoms with Crippen LogP contribution in [0.5, 0.6) is 5.75 Å². The van der Waals surface area contributed by atoms with E-state index in [1.807, 2.05) is 0 Å². The number of halogens is 8. The Morgan fingerprint density at radius 3 is 2.03 bits per heavy atom. The molecule has 0 saturated carbocycles. The molecule has 2 aromatic carbocycles. The number of methoxy groups -OCH3 is 1. The summed E-state index contributed by atoms with van der Waals surface area (Å²) in [6.07, 6.45) is -7.96. The van der Waals surface area contributed by atoms with Crippen LogP contribution in [0.2, 0.25) is 0 Å². The Hall–Kier alpha value is -3.70. The molecule has 34 heavy (non-hydrogen) atoms. The summed E-state index contributed by atoms with van der Waals surface area (Å²) in [6.45, 7) is 0. The van der Waals surface area contributed by atoms with Crippen molar-refractivity contribution in [2.45, 2.75) is 12.4 Å². The van der Waals surface area contributed by atoms with E-state index >= 15 is 0 Å². The van der Waals surface area contributed by atoms with Crippen LogP contribution in [0.25, 0.3) is 11.1 Å². The third-order valence-corrected chi connectivity index (χ3v) is 4.84. The van der Waals surface area contributed by atoms with E-state index in [1.165, 1.54) is 12.3 Å². The first-order valence-electron chi connectivity index (χ1n) is 9.29. The second-order valence-electron chi connectivity index (χ2n) is 6.99. The number of carbonyl (C=O) groups excluding carboxylic acids is 1. The van der Waals surface area contributed by atoms with Crippen LogP contribution in [0.1, 0.15) is 21.5 Å². The van der Waals surface area contributed by atoms with Crippen LogP contribution in [-0.2, 0) is 12.4 Å². The number of rotatable bonds is 4. The minimum absolute atomic E-state index is 0.0292. The zero-order chi connectivity index (χ0) is 25.4. The standard InChI is InChI=1S/C22H14F8N2O2/c1-32(20(33)11-7-12(21(25,26)27)9-13(8-11)22(28,29)30)17-10-31-6-5-14(17)15-3-4-16(23)18(24)19(15)34-2/h3-10H,1-2H3. The van der Waals surface area contributed by atoms with Gasteiger partial charge < -0.3 is 9.64 Å². The van der Waals surface area contributed by atoms with Crippen LogP contribution in [0.15, 0.2) is 48.8 Å². The molecule has 1 amide bonds. The highest BCUT2D eigenvalue weighted by atomic mass is 19.4. The van der Waals surface area contributed by atoms with E-state index in [1.54, 1.807) is 0 Å². The number of amides is 1. The number of benzene rings is 2. The van der Waals surface area contributed by atoms with Crippen molar-refractivity contribution in [3.63, 3.8) is 0 Å². The summed E-state index contributed by atoms with van der Waals surface area (Å²) in [5.74, 6) is -4.30. The predicted molar refractivity (Wildman–Crippen MR) is 105 cm³/mol. The van der Waals surface area contributed by atoms with Crippen LogP contribution in [0, 0.1) is 11.6 Å². The highest BCUT2D eigenvalue weighted by molar-refractivity contribution is 6.08. The van der Waals surface area contributed by atoms with Crippen molar-refractivity contribution in [3.05, 3.63) is 77.1 Å². The molecule has 0 radical (unpaired) electrons. The molecule has 0 spiro atoms. The fourth-order valence-corrected chi connectivity index (χ4v) is 3.21. The summed E-state index contributed by atoms with van der Waals surface area (Å²) in [4.78, 5) is 17.5. The van der Waals surface area contributed by atoms with Gasteiger partial charge in [-0.05, 0) is 36.4 Å². The van der Waals surface area contributed by atoms with Gasteiger partial charge >= 0.3 is 12.4 Å². The molecule has 0 fully saturated rings. The second kappa shape index (κ2) is 8.92. The molecule has 0 saturated heterocycles. The molecule has 0 aliphatic heterocycles. The van der Waals surface area contributed by atoms with Crippen molar-refractivity contribution < 1.29 is 44.7 Å². The molecule has 0 atom stereocenters. The van der Waals surface area contributed by atoms with Crippen molar-refractivity contribution in [1.29, 1.82) is 0 Å². The first-order valence-corrected chi connectivity index (χ1v) is 9.29. The lowest BCUT2D eigenvalue weighted by Gasteiger charge is -2.22. The summed E-state index contributed by atoms with van der Waals surface area (Å²) in [5.41, 5.74) is -4.29. The van der Waals surface area contributed by atoms with Crippen LogP contribution in [0.4, 0.5) is 40.8 Å². The Labute approximate surface area is 187 Å². The fraction of sp³-hybridized carbons (Fsp3) is 0.182. The molecular weight excluding hydrogens is 476 g/mol. The van der Waals surface area contributed by atoms with Crippen molar-refractivity contribution in [1.82, 2.24) is 4.98 Å². The molecular formula is C22H14F8N2O2. The molecule has 3 rings (SSSR count). The van der Waals surface area contributed by atoms with E-state index in [4.69, 9.17) is 4.74 Å². The lowest BCUT2D eigenvalue weighted by atomic mass is 10.0. The van der Waals surface area contributed by atoms with Crippen LogP contribution in [-0.4, -0.2) is 25.0 Å². The maximum atomic E-state index is 14.2. The Morgan fingerprint density at radius 1 is 0.912 bits per heavy atom. The number of ether oxygens (including phenoxy) is 1. The number of anilines is 1. The molecule has 180 valence electrons. The highest BCUT2D eigenvalue weighted by Gasteiger charge is 2.38. The van der Waals surface area contributed by atoms with Gasteiger partial charge in [0.05, 0.1) is 30.1 Å². The van der Waals surface area contributed by atoms with Crippen molar-refractivity contribution in [3.8, 4) is 16.9 Å². The Morgan fingerprint density at radius 2 is 1.50 bits per heavy atom. The third kappa shape index (κ3) is 4.80. The van der Waals surface area contributed by atoms with E-state index in [0.717, 1.165) is 37.4 Å². The average Bonchev–Trinajstić information content (AvgIpc) is 2.78. The van der Waals surface area contributed by atoms with Gasteiger partial charge in [-0.15, -0.1) is 0 Å². The Balaban J connectivity index is 2.14. The number of carbonyl (C=O) groups is 1. The van der Waals surface area contributed by atoms with Gasteiger partial charge in [0.15, 0.2) is 11.6 Å². The van der Waals surface area contributed by atoms with Crippen LogP contribution >= 0.6 is 0 Å². The number of pyridine rings is 1. The van der Waals surface area contributed by atoms with Gasteiger partial charge in [-0.25, -0.2) is 4.39 Å². The zero-order valence-electron chi connectivity index (χ0n) is 17.4. The minimum Gasteiger partial charge on any atom is -0.493 e. The molecule has 0 N–H and O–H groups in total. The SMILES string of the molecule is COc1c(-c2ccncc2N(C)C(=O)c2cc(C(F)(F)F)cc(C(F)(F)F)c2)ccc(F)c1F. The lowest BCUT2D eigenvalue weighted by Crippen LogP contribution is -2.28. The maximum absolute atomic E-state index is 14.2. The smallest absolute Gasteiger partial charge is 0.416 e. The summed E-state index contributed by atoms with van der Waals surface area (Å²) < 4.78 is 112. The number of hydrogen-bond acceptors (Lipinski definition) is 3. The van der Waals surface area contributed by atoms with Gasteiger partial charge in [0.25, 0.3) is 5.91 Å². The van der Waals surface area contributed by atoms with Crippen molar-refractivity contribution in [2.75, 3.05) is 19.1 Å². The number of hydrogen-bond donors (Lipinski definition) is 0. The van der Waals surface area contributed by atoms with E-state index in [9.17, 15) is 39.9 Å². The van der Waals surface area contributed by atoms with Gasteiger partial charge in [0.2, 0.25) is 5.82 Å². The quantitative estimate of drug-likeness (QED) is 0.401. The number of alkyl halides is 6. The first kappa shape index (κ1) is 24.9. The monoisotopic (exact) mass is 490 g/mol. The van der Waals surface area contributed by atoms with E-state index in [-0.39, 0.29) is 22.9 Å². The Kier molecular flexibility index (Phi) is 6.54. The molecule has 4 nitrogen and oxygen atoms in total. The highest BCUT2D eigenvalue weighted by Crippen LogP contribution is 2.40. The molecule has 0 aliphatic carbocycles. The second-order valence-corrected chi connectivity index (χ2v) is 6.99. The van der Waals surface area contributed by atoms with Gasteiger partial charge in [0, 0.05) is 29.9 Å². The molecule has 12 heteroatoms. The molecule has 0 unspecified atom stereocenters. The van der Waals surface area contributed by atoms with Crippen molar-refractivity contribution in [2.24, 2.45) is 0 Å². The van der Waals surface area contributed by atoms with Gasteiger partial charge in [-0.3, -0.25) is 9.78 Å². The van der Waals surface area contributed by atoms with Gasteiger partial charge in [-0.1, -0.05) is 0 Å². The third-order valence-electron chi connectivity index (χ3n) is 4.84. The van der Waals surface area contributed by atoms with Gasteiger partial charge in [-0.2, -0.15) is 30.7 Å². The minimum atomic E-state index is -5.15. The summed E-state index contributed by atoms with van der Waals surface area (Å²) in [5, 5.41) is 0. The molecule has 0 aliphatic rings. The average molecular weight is 490 g/mol. The molecule has 3 aromatic rings. The maximum Gasteiger partial charge on any atom is 0.416 e. The first-order chi connectivity index (χ1) is 15.8. The number of nitrogens with zero attached hydrogens (tertiary/aromatic N) is 2. The summed E-state index contributed by atoms with van der Waals surface area (Å²) in [7, 11) is 2.15. The molecule has 1 aromatic heterocycles.